The lowest BCUT2D eigenvalue weighted by Crippen LogP contribution is -2.21. The van der Waals surface area contributed by atoms with Crippen LogP contribution in [-0.2, 0) is 11.3 Å². The first kappa shape index (κ1) is 18.5. The topological polar surface area (TPSA) is 60.5 Å². The summed E-state index contributed by atoms with van der Waals surface area (Å²) in [5.41, 5.74) is 2.79. The number of pyridine rings is 1. The van der Waals surface area contributed by atoms with Crippen LogP contribution in [0.25, 0.3) is 6.08 Å². The van der Waals surface area contributed by atoms with E-state index in [1.165, 1.54) is 6.08 Å². The van der Waals surface area contributed by atoms with Gasteiger partial charge in [-0.25, -0.2) is 0 Å². The third-order valence-electron chi connectivity index (χ3n) is 3.54. The Labute approximate surface area is 148 Å². The fourth-order valence-corrected chi connectivity index (χ4v) is 2.28. The second kappa shape index (κ2) is 9.47. The molecule has 0 aliphatic heterocycles. The third-order valence-corrected chi connectivity index (χ3v) is 3.54. The molecule has 25 heavy (non-hydrogen) atoms. The van der Waals surface area contributed by atoms with E-state index in [0.29, 0.717) is 31.3 Å². The molecule has 2 rings (SSSR count). The maximum atomic E-state index is 12.0. The summed E-state index contributed by atoms with van der Waals surface area (Å²) < 4.78 is 11.1. The van der Waals surface area contributed by atoms with Crippen LogP contribution in [0.5, 0.6) is 11.5 Å². The van der Waals surface area contributed by atoms with Gasteiger partial charge in [0.05, 0.1) is 25.5 Å². The van der Waals surface area contributed by atoms with E-state index >= 15 is 0 Å². The normalized spacial score (nSPS) is 10.7. The highest BCUT2D eigenvalue weighted by Gasteiger charge is 2.05. The summed E-state index contributed by atoms with van der Waals surface area (Å²) in [4.78, 5) is 16.3. The summed E-state index contributed by atoms with van der Waals surface area (Å²) in [6.07, 6.45) is 4.97. The largest absolute Gasteiger partial charge is 0.490 e. The molecular formula is C20H24N2O3. The quantitative estimate of drug-likeness (QED) is 0.747. The number of ether oxygens (including phenoxy) is 2. The molecule has 2 aromatic rings. The second-order valence-electron chi connectivity index (χ2n) is 5.39. The average Bonchev–Trinajstić information content (AvgIpc) is 2.61. The molecule has 0 aliphatic rings. The molecule has 0 radical (unpaired) electrons. The van der Waals surface area contributed by atoms with Crippen LogP contribution in [0, 0.1) is 6.92 Å². The lowest BCUT2D eigenvalue weighted by Gasteiger charge is -2.11. The lowest BCUT2D eigenvalue weighted by atomic mass is 10.2. The summed E-state index contributed by atoms with van der Waals surface area (Å²) in [6.45, 7) is 7.35. The van der Waals surface area contributed by atoms with Gasteiger partial charge in [-0.05, 0) is 56.2 Å². The molecule has 132 valence electrons. The predicted molar refractivity (Wildman–Crippen MR) is 98.6 cm³/mol. The van der Waals surface area contributed by atoms with Crippen molar-refractivity contribution in [3.05, 3.63) is 59.4 Å². The van der Waals surface area contributed by atoms with Gasteiger partial charge in [0.2, 0.25) is 5.91 Å². The predicted octanol–water partition coefficient (Wildman–Crippen LogP) is 3.52. The van der Waals surface area contributed by atoms with Crippen molar-refractivity contribution < 1.29 is 14.3 Å². The van der Waals surface area contributed by atoms with E-state index in [-0.39, 0.29) is 5.91 Å². The number of hydrogen-bond acceptors (Lipinski definition) is 4. The molecular weight excluding hydrogens is 316 g/mol. The van der Waals surface area contributed by atoms with Crippen LogP contribution in [-0.4, -0.2) is 24.1 Å². The third kappa shape index (κ3) is 5.64. The van der Waals surface area contributed by atoms with Crippen molar-refractivity contribution in [2.24, 2.45) is 0 Å². The number of nitrogens with one attached hydrogen (secondary N) is 1. The zero-order valence-corrected chi connectivity index (χ0v) is 14.9. The summed E-state index contributed by atoms with van der Waals surface area (Å²) >= 11 is 0. The van der Waals surface area contributed by atoms with Crippen LogP contribution in [0.1, 0.15) is 30.7 Å². The lowest BCUT2D eigenvalue weighted by molar-refractivity contribution is -0.116. The van der Waals surface area contributed by atoms with Crippen LogP contribution >= 0.6 is 0 Å². The molecule has 1 N–H and O–H groups in total. The minimum Gasteiger partial charge on any atom is -0.490 e. The Kier molecular flexibility index (Phi) is 7.01. The van der Waals surface area contributed by atoms with Gasteiger partial charge in [-0.3, -0.25) is 9.78 Å². The molecule has 0 fully saturated rings. The second-order valence-corrected chi connectivity index (χ2v) is 5.39. The summed E-state index contributed by atoms with van der Waals surface area (Å²) in [5, 5.41) is 2.84. The Morgan fingerprint density at radius 1 is 1.16 bits per heavy atom. The van der Waals surface area contributed by atoms with Crippen molar-refractivity contribution in [1.29, 1.82) is 0 Å². The Balaban J connectivity index is 1.99. The van der Waals surface area contributed by atoms with Gasteiger partial charge in [0.25, 0.3) is 0 Å². The van der Waals surface area contributed by atoms with E-state index in [9.17, 15) is 4.79 Å². The fraction of sp³-hybridized carbons (Fsp3) is 0.300. The first-order valence-corrected chi connectivity index (χ1v) is 8.40. The molecule has 0 spiro atoms. The SMILES string of the molecule is CCOc1ccc(/C=C/C(=O)NCc2ncccc2C)cc1OCC. The first-order chi connectivity index (χ1) is 12.1. The standard InChI is InChI=1S/C20H24N2O3/c1-4-24-18-10-8-16(13-19(18)25-5-2)9-11-20(23)22-14-17-15(3)7-6-12-21-17/h6-13H,4-5,14H2,1-3H3,(H,22,23)/b11-9+. The van der Waals surface area contributed by atoms with Crippen molar-refractivity contribution in [2.45, 2.75) is 27.3 Å². The molecule has 0 atom stereocenters. The van der Waals surface area contributed by atoms with Crippen LogP contribution < -0.4 is 14.8 Å². The molecule has 0 bridgehead atoms. The van der Waals surface area contributed by atoms with Gasteiger partial charge >= 0.3 is 0 Å². The molecule has 1 aromatic carbocycles. The number of benzene rings is 1. The van der Waals surface area contributed by atoms with Gasteiger partial charge in [0.15, 0.2) is 11.5 Å². The summed E-state index contributed by atoms with van der Waals surface area (Å²) in [6, 6.07) is 9.45. The van der Waals surface area contributed by atoms with Gasteiger partial charge in [-0.15, -0.1) is 0 Å². The van der Waals surface area contributed by atoms with E-state index in [2.05, 4.69) is 10.3 Å². The van der Waals surface area contributed by atoms with Crippen molar-refractivity contribution in [2.75, 3.05) is 13.2 Å². The minimum atomic E-state index is -0.170. The zero-order valence-electron chi connectivity index (χ0n) is 14.9. The molecule has 0 aliphatic carbocycles. The monoisotopic (exact) mass is 340 g/mol. The van der Waals surface area contributed by atoms with Crippen molar-refractivity contribution in [3.8, 4) is 11.5 Å². The van der Waals surface area contributed by atoms with Gasteiger partial charge in [-0.1, -0.05) is 12.1 Å². The van der Waals surface area contributed by atoms with Crippen molar-refractivity contribution >= 4 is 12.0 Å². The molecule has 0 saturated heterocycles. The molecule has 1 amide bonds. The maximum absolute atomic E-state index is 12.0. The van der Waals surface area contributed by atoms with Gasteiger partial charge in [-0.2, -0.15) is 0 Å². The van der Waals surface area contributed by atoms with E-state index in [1.54, 1.807) is 12.3 Å². The molecule has 0 unspecified atom stereocenters. The van der Waals surface area contributed by atoms with Crippen molar-refractivity contribution in [1.82, 2.24) is 10.3 Å². The van der Waals surface area contributed by atoms with Crippen molar-refractivity contribution in [3.63, 3.8) is 0 Å². The number of aromatic nitrogens is 1. The summed E-state index contributed by atoms with van der Waals surface area (Å²) in [7, 11) is 0. The van der Waals surface area contributed by atoms with E-state index < -0.39 is 0 Å². The average molecular weight is 340 g/mol. The molecule has 1 heterocycles. The first-order valence-electron chi connectivity index (χ1n) is 8.40. The number of hydrogen-bond donors (Lipinski definition) is 1. The molecule has 0 saturated carbocycles. The van der Waals surface area contributed by atoms with E-state index in [1.807, 2.05) is 51.1 Å². The number of rotatable bonds is 8. The number of carbonyl (C=O) groups is 1. The zero-order chi connectivity index (χ0) is 18.1. The Hall–Kier alpha value is -2.82. The van der Waals surface area contributed by atoms with Gasteiger partial charge in [0, 0.05) is 12.3 Å². The van der Waals surface area contributed by atoms with E-state index in [4.69, 9.17) is 9.47 Å². The van der Waals surface area contributed by atoms with Crippen LogP contribution in [0.2, 0.25) is 0 Å². The van der Waals surface area contributed by atoms with E-state index in [0.717, 1.165) is 16.8 Å². The smallest absolute Gasteiger partial charge is 0.244 e. The minimum absolute atomic E-state index is 0.170. The molecule has 5 heteroatoms. The van der Waals surface area contributed by atoms with Crippen LogP contribution in [0.3, 0.4) is 0 Å². The van der Waals surface area contributed by atoms with Crippen LogP contribution in [0.15, 0.2) is 42.6 Å². The van der Waals surface area contributed by atoms with Crippen LogP contribution in [0.4, 0.5) is 0 Å². The highest BCUT2D eigenvalue weighted by molar-refractivity contribution is 5.91. The van der Waals surface area contributed by atoms with Gasteiger partial charge in [0.1, 0.15) is 0 Å². The number of aryl methyl sites for hydroxylation is 1. The Morgan fingerprint density at radius 2 is 1.92 bits per heavy atom. The number of nitrogens with zero attached hydrogens (tertiary/aromatic N) is 1. The van der Waals surface area contributed by atoms with Gasteiger partial charge < -0.3 is 14.8 Å². The molecule has 5 nitrogen and oxygen atoms in total. The number of carbonyl (C=O) groups excluding carboxylic acids is 1. The Bertz CT molecular complexity index is 741. The maximum Gasteiger partial charge on any atom is 0.244 e. The highest BCUT2D eigenvalue weighted by atomic mass is 16.5. The Morgan fingerprint density at radius 3 is 2.64 bits per heavy atom. The highest BCUT2D eigenvalue weighted by Crippen LogP contribution is 2.28. The molecule has 1 aromatic heterocycles. The fourth-order valence-electron chi connectivity index (χ4n) is 2.28. The summed E-state index contributed by atoms with van der Waals surface area (Å²) in [5.74, 6) is 1.21. The number of amides is 1.